The van der Waals surface area contributed by atoms with Gasteiger partial charge in [-0.15, -0.1) is 0 Å². The highest BCUT2D eigenvalue weighted by atomic mass is 16.5. The number of aromatic nitrogens is 1. The van der Waals surface area contributed by atoms with E-state index >= 15 is 0 Å². The molecule has 96 valence electrons. The molecule has 0 aromatic carbocycles. The smallest absolute Gasteiger partial charge is 0.250 e. The van der Waals surface area contributed by atoms with E-state index in [-0.39, 0.29) is 5.91 Å². The van der Waals surface area contributed by atoms with Crippen molar-refractivity contribution in [2.24, 2.45) is 5.73 Å². The van der Waals surface area contributed by atoms with E-state index in [9.17, 15) is 4.79 Å². The van der Waals surface area contributed by atoms with E-state index in [4.69, 9.17) is 10.5 Å². The maximum atomic E-state index is 11.3. The number of amides is 1. The zero-order valence-electron chi connectivity index (χ0n) is 11.1. The summed E-state index contributed by atoms with van der Waals surface area (Å²) in [6, 6.07) is 1.91. The summed E-state index contributed by atoms with van der Waals surface area (Å²) in [6.45, 7) is 7.76. The lowest BCUT2D eigenvalue weighted by molar-refractivity contribution is 0.0999. The average molecular weight is 238 g/mol. The highest BCUT2D eigenvalue weighted by Crippen LogP contribution is 2.22. The number of nitrogens with two attached hydrogens (primary N) is 1. The molecular weight excluding hydrogens is 216 g/mol. The fourth-order valence-electron chi connectivity index (χ4n) is 2.06. The van der Waals surface area contributed by atoms with Gasteiger partial charge in [-0.25, -0.2) is 0 Å². The van der Waals surface area contributed by atoms with Crippen LogP contribution in [0.3, 0.4) is 0 Å². The molecule has 0 radical (unpaired) electrons. The normalized spacial score (nSPS) is 11.1. The third-order valence-corrected chi connectivity index (χ3v) is 2.99. The molecule has 2 N–H and O–H groups in total. The summed E-state index contributed by atoms with van der Waals surface area (Å²) < 4.78 is 7.22. The first-order valence-corrected chi connectivity index (χ1v) is 5.97. The first kappa shape index (κ1) is 13.8. The Balaban J connectivity index is 3.02. The molecule has 0 aliphatic heterocycles. The van der Waals surface area contributed by atoms with E-state index in [1.807, 2.05) is 13.0 Å². The van der Waals surface area contributed by atoms with Crippen LogP contribution >= 0.6 is 0 Å². The van der Waals surface area contributed by atoms with Gasteiger partial charge < -0.3 is 15.0 Å². The highest BCUT2D eigenvalue weighted by Gasteiger charge is 2.16. The second kappa shape index (κ2) is 5.87. The van der Waals surface area contributed by atoms with Gasteiger partial charge in [0.25, 0.3) is 5.91 Å². The van der Waals surface area contributed by atoms with Crippen molar-refractivity contribution < 1.29 is 9.53 Å². The summed E-state index contributed by atoms with van der Waals surface area (Å²) in [6.07, 6.45) is 0.934. The van der Waals surface area contributed by atoms with Gasteiger partial charge in [0.15, 0.2) is 0 Å². The molecule has 0 spiro atoms. The van der Waals surface area contributed by atoms with Crippen LogP contribution in [0.2, 0.25) is 0 Å². The van der Waals surface area contributed by atoms with Crippen LogP contribution in [-0.4, -0.2) is 24.2 Å². The van der Waals surface area contributed by atoms with E-state index in [2.05, 4.69) is 18.4 Å². The van der Waals surface area contributed by atoms with Crippen LogP contribution in [0.4, 0.5) is 0 Å². The SMILES string of the molecule is COCCCn1c(C(C)C)cc(C(N)=O)c1C. The van der Waals surface area contributed by atoms with E-state index < -0.39 is 0 Å². The number of ether oxygens (including phenoxy) is 1. The van der Waals surface area contributed by atoms with Gasteiger partial charge in [0.2, 0.25) is 0 Å². The Labute approximate surface area is 103 Å². The van der Waals surface area contributed by atoms with E-state index in [1.165, 1.54) is 0 Å². The molecule has 1 rings (SSSR count). The molecule has 0 bridgehead atoms. The number of carbonyl (C=O) groups excluding carboxylic acids is 1. The molecule has 0 unspecified atom stereocenters. The summed E-state index contributed by atoms with van der Waals surface area (Å²) in [5, 5.41) is 0. The largest absolute Gasteiger partial charge is 0.385 e. The first-order valence-electron chi connectivity index (χ1n) is 5.97. The van der Waals surface area contributed by atoms with Crippen molar-refractivity contribution in [3.05, 3.63) is 23.0 Å². The minimum Gasteiger partial charge on any atom is -0.385 e. The molecule has 1 aromatic heterocycles. The number of carbonyl (C=O) groups is 1. The Kier molecular flexibility index (Phi) is 4.75. The Morgan fingerprint density at radius 1 is 1.53 bits per heavy atom. The maximum Gasteiger partial charge on any atom is 0.250 e. The minimum atomic E-state index is -0.352. The van der Waals surface area contributed by atoms with Gasteiger partial charge in [-0.2, -0.15) is 0 Å². The number of primary amides is 1. The molecule has 0 fully saturated rings. The lowest BCUT2D eigenvalue weighted by atomic mass is 10.1. The van der Waals surface area contributed by atoms with Crippen molar-refractivity contribution in [3.8, 4) is 0 Å². The van der Waals surface area contributed by atoms with Crippen molar-refractivity contribution in [1.82, 2.24) is 4.57 Å². The zero-order valence-corrected chi connectivity index (χ0v) is 11.1. The molecule has 1 aromatic rings. The maximum absolute atomic E-state index is 11.3. The summed E-state index contributed by atoms with van der Waals surface area (Å²) in [4.78, 5) is 11.3. The molecule has 1 heterocycles. The molecule has 0 saturated carbocycles. The second-order valence-corrected chi connectivity index (χ2v) is 4.59. The molecule has 0 aliphatic rings. The number of hydrogen-bond donors (Lipinski definition) is 1. The first-order chi connectivity index (χ1) is 7.99. The van der Waals surface area contributed by atoms with Crippen LogP contribution in [0.5, 0.6) is 0 Å². The number of hydrogen-bond acceptors (Lipinski definition) is 2. The van der Waals surface area contributed by atoms with Gasteiger partial charge in [-0.3, -0.25) is 4.79 Å². The van der Waals surface area contributed by atoms with Crippen LogP contribution in [0, 0.1) is 6.92 Å². The van der Waals surface area contributed by atoms with E-state index in [0.29, 0.717) is 11.5 Å². The summed E-state index contributed by atoms with van der Waals surface area (Å²) in [5.74, 6) is 0.0271. The predicted molar refractivity (Wildman–Crippen MR) is 68.3 cm³/mol. The standard InChI is InChI=1S/C13H22N2O2/c1-9(2)12-8-11(13(14)16)10(3)15(12)6-5-7-17-4/h8-9H,5-7H2,1-4H3,(H2,14,16). The summed E-state index contributed by atoms with van der Waals surface area (Å²) in [7, 11) is 1.70. The zero-order chi connectivity index (χ0) is 13.0. The van der Waals surface area contributed by atoms with Crippen molar-refractivity contribution in [1.29, 1.82) is 0 Å². The quantitative estimate of drug-likeness (QED) is 0.771. The van der Waals surface area contributed by atoms with Gasteiger partial charge in [0, 0.05) is 31.6 Å². The third-order valence-electron chi connectivity index (χ3n) is 2.99. The Hall–Kier alpha value is -1.29. The minimum absolute atomic E-state index is 0.352. The Morgan fingerprint density at radius 2 is 2.18 bits per heavy atom. The number of rotatable bonds is 6. The summed E-state index contributed by atoms with van der Waals surface area (Å²) in [5.41, 5.74) is 8.12. The van der Waals surface area contributed by atoms with Gasteiger partial charge in [-0.05, 0) is 25.3 Å². The number of methoxy groups -OCH3 is 1. The van der Waals surface area contributed by atoms with Gasteiger partial charge >= 0.3 is 0 Å². The van der Waals surface area contributed by atoms with E-state index in [1.54, 1.807) is 7.11 Å². The summed E-state index contributed by atoms with van der Waals surface area (Å²) >= 11 is 0. The monoisotopic (exact) mass is 238 g/mol. The van der Waals surface area contributed by atoms with Crippen molar-refractivity contribution in [2.75, 3.05) is 13.7 Å². The molecule has 4 heteroatoms. The molecule has 17 heavy (non-hydrogen) atoms. The highest BCUT2D eigenvalue weighted by molar-refractivity contribution is 5.94. The second-order valence-electron chi connectivity index (χ2n) is 4.59. The van der Waals surface area contributed by atoms with Crippen molar-refractivity contribution in [2.45, 2.75) is 39.7 Å². The van der Waals surface area contributed by atoms with Crippen LogP contribution < -0.4 is 5.73 Å². The van der Waals surface area contributed by atoms with Crippen molar-refractivity contribution >= 4 is 5.91 Å². The van der Waals surface area contributed by atoms with Gasteiger partial charge in [0.1, 0.15) is 0 Å². The van der Waals surface area contributed by atoms with Crippen LogP contribution in [-0.2, 0) is 11.3 Å². The fourth-order valence-corrected chi connectivity index (χ4v) is 2.06. The molecule has 4 nitrogen and oxygen atoms in total. The fraction of sp³-hybridized carbons (Fsp3) is 0.615. The molecule has 0 aliphatic carbocycles. The van der Waals surface area contributed by atoms with Crippen LogP contribution in [0.15, 0.2) is 6.07 Å². The molecule has 1 amide bonds. The van der Waals surface area contributed by atoms with Gasteiger partial charge in [0.05, 0.1) is 5.56 Å². The number of nitrogens with zero attached hydrogens (tertiary/aromatic N) is 1. The Bertz CT molecular complexity index is 394. The van der Waals surface area contributed by atoms with Gasteiger partial charge in [-0.1, -0.05) is 13.8 Å². The van der Waals surface area contributed by atoms with Crippen LogP contribution in [0.1, 0.15) is 47.9 Å². The molecule has 0 saturated heterocycles. The molecular formula is C13H22N2O2. The lowest BCUT2D eigenvalue weighted by Gasteiger charge is -2.13. The molecule has 0 atom stereocenters. The van der Waals surface area contributed by atoms with Crippen molar-refractivity contribution in [3.63, 3.8) is 0 Å². The third kappa shape index (κ3) is 3.09. The lowest BCUT2D eigenvalue weighted by Crippen LogP contribution is -2.13. The Morgan fingerprint density at radius 3 is 2.65 bits per heavy atom. The average Bonchev–Trinajstić information content (AvgIpc) is 2.57. The van der Waals surface area contributed by atoms with Crippen LogP contribution in [0.25, 0.3) is 0 Å². The predicted octanol–water partition coefficient (Wildman–Crippen LogP) is 2.06. The topological polar surface area (TPSA) is 57.2 Å². The van der Waals surface area contributed by atoms with E-state index in [0.717, 1.165) is 31.0 Å².